The van der Waals surface area contributed by atoms with Crippen molar-refractivity contribution in [1.29, 1.82) is 0 Å². The van der Waals surface area contributed by atoms with Gasteiger partial charge < -0.3 is 0 Å². The highest BCUT2D eigenvalue weighted by atomic mass is 19.2. The maximum absolute atomic E-state index is 15.4. The summed E-state index contributed by atoms with van der Waals surface area (Å²) in [7, 11) is 0. The van der Waals surface area contributed by atoms with Gasteiger partial charge in [-0.15, -0.1) is 0 Å². The van der Waals surface area contributed by atoms with E-state index in [-0.39, 0.29) is 46.3 Å². The number of halogens is 6. The Bertz CT molecular complexity index is 1200. The fraction of sp³-hybridized carbons (Fsp3) is 1.00. The maximum atomic E-state index is 15.4. The van der Waals surface area contributed by atoms with Gasteiger partial charge in [-0.2, -0.15) is 0 Å². The van der Waals surface area contributed by atoms with Crippen molar-refractivity contribution >= 4 is 0 Å². The summed E-state index contributed by atoms with van der Waals surface area (Å²) in [6.45, 7) is 60.9. The van der Waals surface area contributed by atoms with E-state index in [1.54, 1.807) is 27.7 Å². The van der Waals surface area contributed by atoms with Gasteiger partial charge in [0, 0.05) is 10.8 Å². The molecule has 0 aromatic carbocycles. The van der Waals surface area contributed by atoms with Crippen LogP contribution in [0.4, 0.5) is 26.3 Å². The average Bonchev–Trinajstić information content (AvgIpc) is 3.24. The van der Waals surface area contributed by atoms with Gasteiger partial charge in [0.25, 0.3) is 0 Å². The molecule has 2 fully saturated rings. The van der Waals surface area contributed by atoms with Crippen LogP contribution in [0.25, 0.3) is 0 Å². The predicted molar refractivity (Wildman–Crippen MR) is 314 cm³/mol. The quantitative estimate of drug-likeness (QED) is 0.107. The number of rotatable bonds is 20. The molecular weight excluding hydrogens is 907 g/mol. The third-order valence-corrected chi connectivity index (χ3v) is 19.9. The van der Waals surface area contributed by atoms with Gasteiger partial charge in [0.05, 0.1) is 0 Å². The van der Waals surface area contributed by atoms with Crippen LogP contribution in [0.3, 0.4) is 0 Å². The molecule has 0 aromatic rings. The van der Waals surface area contributed by atoms with E-state index in [0.29, 0.717) is 29.1 Å². The van der Waals surface area contributed by atoms with Gasteiger partial charge in [-0.25, -0.2) is 26.3 Å². The van der Waals surface area contributed by atoms with Crippen LogP contribution >= 0.6 is 0 Å². The molecule has 0 atom stereocenters. The van der Waals surface area contributed by atoms with Crippen LogP contribution in [0.5, 0.6) is 0 Å². The maximum Gasteiger partial charge on any atom is 0.118 e. The number of alkyl halides is 6. The molecule has 0 spiro atoms. The average molecular weight is 1040 g/mol. The van der Waals surface area contributed by atoms with Gasteiger partial charge in [-0.3, -0.25) is 0 Å². The lowest BCUT2D eigenvalue weighted by Gasteiger charge is -2.51. The Morgan fingerprint density at radius 1 is 0.361 bits per heavy atom. The van der Waals surface area contributed by atoms with Crippen molar-refractivity contribution in [3.05, 3.63) is 0 Å². The normalized spacial score (nSPS) is 17.6. The van der Waals surface area contributed by atoms with Gasteiger partial charge in [-0.1, -0.05) is 211 Å². The van der Waals surface area contributed by atoms with Crippen molar-refractivity contribution in [1.82, 2.24) is 0 Å². The molecule has 0 amide bonds. The molecule has 0 aromatic heterocycles. The van der Waals surface area contributed by atoms with E-state index in [0.717, 1.165) is 103 Å². The Balaban J connectivity index is -0.000000392. The molecule has 0 radical (unpaired) electrons. The highest BCUT2D eigenvalue weighted by molar-refractivity contribution is 5.02. The first-order chi connectivity index (χ1) is 32.3. The summed E-state index contributed by atoms with van der Waals surface area (Å²) in [5.74, 6) is 2.56. The summed E-state index contributed by atoms with van der Waals surface area (Å²) in [6, 6.07) is 0. The summed E-state index contributed by atoms with van der Waals surface area (Å²) < 4.78 is 84.5. The molecule has 6 heteroatoms. The van der Waals surface area contributed by atoms with Crippen molar-refractivity contribution in [3.63, 3.8) is 0 Å². The smallest absolute Gasteiger partial charge is 0.118 e. The standard InChI is InChI=1S/C16H33F.C14H29F.C12H25F.C9H17F.C8H17F.C7H13F/c1-10(2)14(11(3)4)16(9,17)15(12(5)6)13(7)8;1-8-12(5,9-2)14(7,15)13(6,10-3)11-4;1-6-10(7-2)12(5,13)11(8-3)9-4;1-8(2)4-6-9(3,10)7-5-8;1-6(2)8(5,9)7(3)4;1-7(8)5-3-2-4-6-7/h10-15H,1-9H3;8-11H2,1-7H3;10-11H,6-9H2,1-5H3;4-7H2,1-3H3;6-7H,1-5H3;2-6H2,1H3. The van der Waals surface area contributed by atoms with E-state index in [9.17, 15) is 17.6 Å². The van der Waals surface area contributed by atoms with Crippen LogP contribution in [0.15, 0.2) is 0 Å². The molecule has 0 nitrogen and oxygen atoms in total. The molecule has 2 aliphatic rings. The minimum Gasteiger partial charge on any atom is -0.244 e. The molecule has 0 aliphatic heterocycles. The summed E-state index contributed by atoms with van der Waals surface area (Å²) in [4.78, 5) is 0. The SMILES string of the molecule is CC(C)C(C(C)C)C(C)(F)C(C(C)C)C(C)C.CC(C)C(C)(F)C(C)C.CC1(C)CCC(C)(F)CC1.CC1(F)CCCCC1.CCC(C)(CC)C(C)(F)C(C)(CC)CC.CCC(CC)C(C)(F)C(CC)CC. The van der Waals surface area contributed by atoms with Gasteiger partial charge in [0.1, 0.15) is 34.0 Å². The molecule has 0 bridgehead atoms. The Morgan fingerprint density at radius 2 is 0.611 bits per heavy atom. The zero-order valence-corrected chi connectivity index (χ0v) is 54.6. The van der Waals surface area contributed by atoms with Gasteiger partial charge >= 0.3 is 0 Å². The lowest BCUT2D eigenvalue weighted by atomic mass is 9.57. The summed E-state index contributed by atoms with van der Waals surface area (Å²) in [5, 5.41) is 0. The van der Waals surface area contributed by atoms with Crippen molar-refractivity contribution in [2.24, 2.45) is 75.4 Å². The van der Waals surface area contributed by atoms with Crippen LogP contribution in [-0.2, 0) is 0 Å². The number of hydrogen-bond acceptors (Lipinski definition) is 0. The Labute approximate surface area is 450 Å². The molecule has 2 aliphatic carbocycles. The summed E-state index contributed by atoms with van der Waals surface area (Å²) in [5.41, 5.74) is -5.83. The zero-order chi connectivity index (χ0) is 58.3. The van der Waals surface area contributed by atoms with E-state index < -0.39 is 34.0 Å². The Hall–Kier alpha value is -0.420. The molecule has 0 heterocycles. The summed E-state index contributed by atoms with van der Waals surface area (Å²) >= 11 is 0. The van der Waals surface area contributed by atoms with Gasteiger partial charge in [-0.05, 0) is 170 Å². The van der Waals surface area contributed by atoms with Crippen LogP contribution in [0, 0.1) is 75.4 Å². The number of hydrogen-bond donors (Lipinski definition) is 0. The largest absolute Gasteiger partial charge is 0.244 e. The fourth-order valence-electron chi connectivity index (χ4n) is 12.8. The van der Waals surface area contributed by atoms with Crippen LogP contribution in [0.1, 0.15) is 317 Å². The van der Waals surface area contributed by atoms with Gasteiger partial charge in [0.2, 0.25) is 0 Å². The lowest BCUT2D eigenvalue weighted by Crippen LogP contribution is -2.51. The Morgan fingerprint density at radius 3 is 0.764 bits per heavy atom. The molecule has 440 valence electrons. The van der Waals surface area contributed by atoms with E-state index >= 15 is 8.78 Å². The van der Waals surface area contributed by atoms with Gasteiger partial charge in [0.15, 0.2) is 0 Å². The molecule has 2 saturated carbocycles. The van der Waals surface area contributed by atoms with E-state index in [1.807, 2.05) is 41.5 Å². The van der Waals surface area contributed by atoms with Crippen LogP contribution in [-0.4, -0.2) is 34.0 Å². The zero-order valence-electron chi connectivity index (χ0n) is 54.6. The van der Waals surface area contributed by atoms with E-state index in [4.69, 9.17) is 0 Å². The highest BCUT2D eigenvalue weighted by Crippen LogP contribution is 2.54. The third-order valence-electron chi connectivity index (χ3n) is 19.9. The lowest BCUT2D eigenvalue weighted by molar-refractivity contribution is -0.0946. The molecule has 0 N–H and O–H groups in total. The molecule has 0 saturated heterocycles. The first-order valence-corrected chi connectivity index (χ1v) is 30.5. The van der Waals surface area contributed by atoms with Crippen molar-refractivity contribution < 1.29 is 26.3 Å². The molecule has 0 unspecified atom stereocenters. The second kappa shape index (κ2) is 33.8. The second-order valence-corrected chi connectivity index (χ2v) is 27.9. The topological polar surface area (TPSA) is 0 Å². The molecule has 2 rings (SSSR count). The van der Waals surface area contributed by atoms with Crippen LogP contribution in [0.2, 0.25) is 0 Å². The predicted octanol–water partition coefficient (Wildman–Crippen LogP) is 24.5. The molecule has 72 heavy (non-hydrogen) atoms. The fourth-order valence-corrected chi connectivity index (χ4v) is 12.8. The Kier molecular flexibility index (Phi) is 36.6. The third kappa shape index (κ3) is 25.4. The van der Waals surface area contributed by atoms with Crippen molar-refractivity contribution in [3.8, 4) is 0 Å². The van der Waals surface area contributed by atoms with E-state index in [2.05, 4.69) is 138 Å². The van der Waals surface area contributed by atoms with Crippen LogP contribution < -0.4 is 0 Å². The van der Waals surface area contributed by atoms with Crippen molar-refractivity contribution in [2.45, 2.75) is 351 Å². The van der Waals surface area contributed by atoms with E-state index in [1.165, 1.54) is 6.42 Å². The first kappa shape index (κ1) is 78.1. The summed E-state index contributed by atoms with van der Waals surface area (Å²) in [6.07, 6.45) is 16.0. The first-order valence-electron chi connectivity index (χ1n) is 30.5. The second-order valence-electron chi connectivity index (χ2n) is 27.9. The minimum absolute atomic E-state index is 0.123. The monoisotopic (exact) mass is 1040 g/mol. The van der Waals surface area contributed by atoms with Crippen molar-refractivity contribution in [2.75, 3.05) is 0 Å². The highest BCUT2D eigenvalue weighted by Gasteiger charge is 2.53. The molecular formula is C66H134F6. The minimum atomic E-state index is -1.09.